The minimum absolute atomic E-state index is 0.664. The molecule has 5 heteroatoms. The van der Waals surface area contributed by atoms with Gasteiger partial charge in [-0.1, -0.05) is 0 Å². The predicted octanol–water partition coefficient (Wildman–Crippen LogP) is 0.360. The fraction of sp³-hybridized carbons (Fsp3) is 0.286. The van der Waals surface area contributed by atoms with Crippen molar-refractivity contribution in [3.05, 3.63) is 18.7 Å². The van der Waals surface area contributed by atoms with Gasteiger partial charge in [0.25, 0.3) is 0 Å². The normalized spacial score (nSPS) is 15.5. The minimum Gasteiger partial charge on any atom is -0.324 e. The number of rotatable bonds is 0. The molecule has 0 amide bonds. The third-order valence-electron chi connectivity index (χ3n) is 1.68. The van der Waals surface area contributed by atoms with Crippen molar-refractivity contribution in [2.75, 3.05) is 13.2 Å². The van der Waals surface area contributed by atoms with Gasteiger partial charge in [-0.05, 0) is 12.2 Å². The van der Waals surface area contributed by atoms with Crippen molar-refractivity contribution >= 4 is 23.5 Å². The largest absolute Gasteiger partial charge is 0.324 e. The second-order valence-corrected chi connectivity index (χ2v) is 2.85. The zero-order chi connectivity index (χ0) is 8.39. The number of hydrogen-bond acceptors (Lipinski definition) is 3. The summed E-state index contributed by atoms with van der Waals surface area (Å²) in [6, 6.07) is 0. The molecule has 1 aliphatic rings. The van der Waals surface area contributed by atoms with E-state index >= 15 is 0 Å². The molecule has 0 unspecified atom stereocenters. The molecule has 0 saturated heterocycles. The van der Waals surface area contributed by atoms with Gasteiger partial charge >= 0.3 is 0 Å². The number of aliphatic imine (C=N–C) groups is 1. The smallest absolute Gasteiger partial charge is 0.182 e. The topological polar surface area (TPSA) is 33.4 Å². The maximum Gasteiger partial charge on any atom is 0.182 e. The van der Waals surface area contributed by atoms with E-state index in [4.69, 9.17) is 12.2 Å². The van der Waals surface area contributed by atoms with Gasteiger partial charge in [-0.25, -0.2) is 4.98 Å². The number of thiocarbonyl (C=S) groups is 1. The Bertz CT molecular complexity index is 295. The Hall–Kier alpha value is -1.23. The Morgan fingerprint density at radius 3 is 3.00 bits per heavy atom. The van der Waals surface area contributed by atoms with E-state index in [1.54, 1.807) is 12.5 Å². The van der Waals surface area contributed by atoms with Crippen molar-refractivity contribution in [3.63, 3.8) is 0 Å². The van der Waals surface area contributed by atoms with Gasteiger partial charge in [-0.2, -0.15) is 0 Å². The van der Waals surface area contributed by atoms with Gasteiger partial charge in [0, 0.05) is 18.6 Å². The zero-order valence-electron chi connectivity index (χ0n) is 6.42. The Morgan fingerprint density at radius 2 is 2.42 bits per heavy atom. The summed E-state index contributed by atoms with van der Waals surface area (Å²) in [6.45, 7) is 1.47. The van der Waals surface area contributed by atoms with Crippen molar-refractivity contribution in [1.29, 1.82) is 0 Å². The lowest BCUT2D eigenvalue weighted by molar-refractivity contribution is 0.516. The fourth-order valence-electron chi connectivity index (χ4n) is 1.04. The second kappa shape index (κ2) is 3.02. The van der Waals surface area contributed by atoms with Crippen molar-refractivity contribution < 1.29 is 0 Å². The molecular formula is C7H8N4S. The van der Waals surface area contributed by atoms with Crippen molar-refractivity contribution in [1.82, 2.24) is 14.5 Å². The summed E-state index contributed by atoms with van der Waals surface area (Å²) in [5, 5.41) is 0.755. The third kappa shape index (κ3) is 1.23. The summed E-state index contributed by atoms with van der Waals surface area (Å²) in [5.41, 5.74) is 0. The van der Waals surface area contributed by atoms with Crippen LogP contribution in [0.2, 0.25) is 0 Å². The highest BCUT2D eigenvalue weighted by Crippen LogP contribution is 1.99. The van der Waals surface area contributed by atoms with Gasteiger partial charge in [-0.3, -0.25) is 9.56 Å². The SMILES string of the molecule is S=C(N1CC=NC1)n1ccnc1. The van der Waals surface area contributed by atoms with Crippen LogP contribution in [0.1, 0.15) is 0 Å². The van der Waals surface area contributed by atoms with E-state index in [2.05, 4.69) is 9.98 Å². The summed E-state index contributed by atoms with van der Waals surface area (Å²) >= 11 is 5.20. The van der Waals surface area contributed by atoms with Gasteiger partial charge in [-0.15, -0.1) is 0 Å². The summed E-state index contributed by atoms with van der Waals surface area (Å²) in [5.74, 6) is 0. The van der Waals surface area contributed by atoms with Gasteiger partial charge in [0.2, 0.25) is 0 Å². The van der Waals surface area contributed by atoms with Crippen LogP contribution in [0, 0.1) is 0 Å². The maximum absolute atomic E-state index is 5.20. The number of imidazole rings is 1. The fourth-order valence-corrected chi connectivity index (χ4v) is 1.28. The molecule has 2 rings (SSSR count). The molecule has 0 N–H and O–H groups in total. The first-order valence-electron chi connectivity index (χ1n) is 3.63. The molecule has 0 fully saturated rings. The molecule has 62 valence electrons. The van der Waals surface area contributed by atoms with E-state index in [-0.39, 0.29) is 0 Å². The van der Waals surface area contributed by atoms with E-state index in [0.717, 1.165) is 11.7 Å². The minimum atomic E-state index is 0.664. The molecule has 0 radical (unpaired) electrons. The highest BCUT2D eigenvalue weighted by molar-refractivity contribution is 7.80. The maximum atomic E-state index is 5.20. The van der Waals surface area contributed by atoms with Crippen LogP contribution in [0.25, 0.3) is 0 Å². The van der Waals surface area contributed by atoms with Crippen molar-refractivity contribution in [3.8, 4) is 0 Å². The lowest BCUT2D eigenvalue weighted by atomic mass is 10.6. The van der Waals surface area contributed by atoms with Crippen LogP contribution in [0.3, 0.4) is 0 Å². The summed E-state index contributed by atoms with van der Waals surface area (Å²) < 4.78 is 1.81. The van der Waals surface area contributed by atoms with Crippen LogP contribution in [0.5, 0.6) is 0 Å². The number of hydrogen-bond donors (Lipinski definition) is 0. The van der Waals surface area contributed by atoms with E-state index < -0.39 is 0 Å². The number of aromatic nitrogens is 2. The van der Waals surface area contributed by atoms with E-state index in [1.807, 2.05) is 21.9 Å². The van der Waals surface area contributed by atoms with E-state index in [9.17, 15) is 0 Å². The van der Waals surface area contributed by atoms with Crippen molar-refractivity contribution in [2.24, 2.45) is 4.99 Å². The predicted molar refractivity (Wildman–Crippen MR) is 50.3 cm³/mol. The molecule has 0 saturated carbocycles. The van der Waals surface area contributed by atoms with Crippen LogP contribution in [-0.4, -0.2) is 39.0 Å². The highest BCUT2D eigenvalue weighted by Gasteiger charge is 2.11. The molecular weight excluding hydrogens is 172 g/mol. The van der Waals surface area contributed by atoms with E-state index in [1.165, 1.54) is 0 Å². The molecule has 2 heterocycles. The standard InChI is InChI=1S/C7H8N4S/c12-7(10-3-1-8-5-10)11-4-2-9-6-11/h1-3,5H,4,6H2. The van der Waals surface area contributed by atoms with Gasteiger partial charge < -0.3 is 4.90 Å². The summed E-state index contributed by atoms with van der Waals surface area (Å²) in [7, 11) is 0. The molecule has 0 spiro atoms. The van der Waals surface area contributed by atoms with E-state index in [0.29, 0.717) is 6.67 Å². The quantitative estimate of drug-likeness (QED) is 0.540. The van der Waals surface area contributed by atoms with Gasteiger partial charge in [0.05, 0.1) is 6.54 Å². The summed E-state index contributed by atoms with van der Waals surface area (Å²) in [4.78, 5) is 10.00. The molecule has 0 bridgehead atoms. The molecule has 0 aliphatic carbocycles. The lowest BCUT2D eigenvalue weighted by Crippen LogP contribution is -2.31. The highest BCUT2D eigenvalue weighted by atomic mass is 32.1. The zero-order valence-corrected chi connectivity index (χ0v) is 7.24. The Labute approximate surface area is 75.5 Å². The average Bonchev–Trinajstić information content (AvgIpc) is 2.77. The van der Waals surface area contributed by atoms with Crippen LogP contribution in [0.15, 0.2) is 23.7 Å². The average molecular weight is 180 g/mol. The molecule has 1 aliphatic heterocycles. The third-order valence-corrected chi connectivity index (χ3v) is 2.15. The molecule has 1 aromatic heterocycles. The Kier molecular flexibility index (Phi) is 1.87. The molecule has 1 aromatic rings. The van der Waals surface area contributed by atoms with Gasteiger partial charge in [0.1, 0.15) is 13.0 Å². The molecule has 12 heavy (non-hydrogen) atoms. The van der Waals surface area contributed by atoms with Gasteiger partial charge in [0.15, 0.2) is 5.11 Å². The Balaban J connectivity index is 2.11. The van der Waals surface area contributed by atoms with Crippen LogP contribution in [-0.2, 0) is 0 Å². The Morgan fingerprint density at radius 1 is 1.50 bits per heavy atom. The first-order valence-corrected chi connectivity index (χ1v) is 4.04. The van der Waals surface area contributed by atoms with Crippen LogP contribution >= 0.6 is 12.2 Å². The van der Waals surface area contributed by atoms with Crippen LogP contribution < -0.4 is 0 Å². The first-order chi connectivity index (χ1) is 5.88. The monoisotopic (exact) mass is 180 g/mol. The lowest BCUT2D eigenvalue weighted by Gasteiger charge is -2.16. The van der Waals surface area contributed by atoms with Crippen molar-refractivity contribution in [2.45, 2.75) is 0 Å². The summed E-state index contributed by atoms with van der Waals surface area (Å²) in [6.07, 6.45) is 7.10. The second-order valence-electron chi connectivity index (χ2n) is 2.48. The number of nitrogens with zero attached hydrogens (tertiary/aromatic N) is 4. The molecule has 0 aromatic carbocycles. The first kappa shape index (κ1) is 7.42. The molecule has 0 atom stereocenters. The molecule has 4 nitrogen and oxygen atoms in total. The van der Waals surface area contributed by atoms with Crippen LogP contribution in [0.4, 0.5) is 0 Å².